The summed E-state index contributed by atoms with van der Waals surface area (Å²) in [5.41, 5.74) is 6.09. The summed E-state index contributed by atoms with van der Waals surface area (Å²) >= 11 is 1.32. The predicted molar refractivity (Wildman–Crippen MR) is 88.8 cm³/mol. The fourth-order valence-electron chi connectivity index (χ4n) is 2.76. The summed E-state index contributed by atoms with van der Waals surface area (Å²) in [6.07, 6.45) is 6.21. The molecule has 1 heterocycles. The van der Waals surface area contributed by atoms with E-state index in [0.29, 0.717) is 15.8 Å². The number of hydrogen-bond donors (Lipinski definition) is 3. The molecular weight excluding hydrogens is 284 g/mol. The smallest absolute Gasteiger partial charge is 0.265 e. The highest BCUT2D eigenvalue weighted by atomic mass is 32.1. The lowest BCUT2D eigenvalue weighted by Crippen LogP contribution is -2.36. The Morgan fingerprint density at radius 1 is 1.38 bits per heavy atom. The number of carbonyl (C=O) groups excluding carboxylic acids is 1. The van der Waals surface area contributed by atoms with E-state index in [4.69, 9.17) is 5.73 Å². The number of nitrogens with two attached hydrogens (primary N) is 1. The third-order valence-corrected chi connectivity index (χ3v) is 5.01. The standard InChI is InChI=1S/C15H26N4OS/c1-10(2)18-14-19-12(16)11(21-14)13(20)17-9-15(3)7-5-4-6-8-15/h10H,4-9,16H2,1-3H3,(H,17,20)(H,18,19). The molecule has 2 rings (SSSR count). The number of aromatic nitrogens is 1. The molecular formula is C15H26N4OS. The van der Waals surface area contributed by atoms with Gasteiger partial charge in [0.2, 0.25) is 0 Å². The van der Waals surface area contributed by atoms with Crippen LogP contribution in [0.5, 0.6) is 0 Å². The van der Waals surface area contributed by atoms with Gasteiger partial charge in [0.05, 0.1) is 0 Å². The van der Waals surface area contributed by atoms with E-state index < -0.39 is 0 Å². The summed E-state index contributed by atoms with van der Waals surface area (Å²) in [4.78, 5) is 17.0. The maximum absolute atomic E-state index is 12.3. The second-order valence-electron chi connectivity index (χ2n) is 6.59. The van der Waals surface area contributed by atoms with Crippen molar-refractivity contribution in [2.24, 2.45) is 5.41 Å². The van der Waals surface area contributed by atoms with Gasteiger partial charge < -0.3 is 16.4 Å². The van der Waals surface area contributed by atoms with Crippen LogP contribution in [0.4, 0.5) is 10.9 Å². The molecule has 4 N–H and O–H groups in total. The largest absolute Gasteiger partial charge is 0.382 e. The summed E-state index contributed by atoms with van der Waals surface area (Å²) in [5.74, 6) is 0.211. The zero-order valence-electron chi connectivity index (χ0n) is 13.2. The van der Waals surface area contributed by atoms with Crippen LogP contribution in [0.2, 0.25) is 0 Å². The summed E-state index contributed by atoms with van der Waals surface area (Å²) < 4.78 is 0. The first-order valence-electron chi connectivity index (χ1n) is 7.71. The Bertz CT molecular complexity index is 492. The highest BCUT2D eigenvalue weighted by molar-refractivity contribution is 7.18. The van der Waals surface area contributed by atoms with Crippen molar-refractivity contribution < 1.29 is 4.79 Å². The normalized spacial score (nSPS) is 17.7. The second kappa shape index (κ2) is 6.64. The Labute approximate surface area is 130 Å². The molecule has 1 amide bonds. The molecule has 118 valence electrons. The Hall–Kier alpha value is -1.30. The quantitative estimate of drug-likeness (QED) is 0.780. The van der Waals surface area contributed by atoms with E-state index in [-0.39, 0.29) is 17.4 Å². The molecule has 0 saturated heterocycles. The topological polar surface area (TPSA) is 80.0 Å². The number of nitrogens with one attached hydrogen (secondary N) is 2. The minimum Gasteiger partial charge on any atom is -0.382 e. The van der Waals surface area contributed by atoms with Crippen LogP contribution in [-0.2, 0) is 0 Å². The van der Waals surface area contributed by atoms with E-state index in [1.54, 1.807) is 0 Å². The van der Waals surface area contributed by atoms with Gasteiger partial charge in [0, 0.05) is 12.6 Å². The van der Waals surface area contributed by atoms with E-state index in [1.165, 1.54) is 43.4 Å². The fourth-order valence-corrected chi connectivity index (χ4v) is 3.71. The number of hydrogen-bond acceptors (Lipinski definition) is 5. The van der Waals surface area contributed by atoms with Crippen molar-refractivity contribution >= 4 is 28.2 Å². The molecule has 1 fully saturated rings. The summed E-state index contributed by atoms with van der Waals surface area (Å²) in [6, 6.07) is 0.271. The molecule has 0 aromatic carbocycles. The van der Waals surface area contributed by atoms with Crippen LogP contribution in [0.25, 0.3) is 0 Å². The van der Waals surface area contributed by atoms with Gasteiger partial charge >= 0.3 is 0 Å². The minimum atomic E-state index is -0.103. The number of nitrogen functional groups attached to an aromatic ring is 1. The summed E-state index contributed by atoms with van der Waals surface area (Å²) in [5, 5.41) is 6.93. The SMILES string of the molecule is CC(C)Nc1nc(N)c(C(=O)NCC2(C)CCCCC2)s1. The Morgan fingerprint density at radius 2 is 2.05 bits per heavy atom. The molecule has 21 heavy (non-hydrogen) atoms. The molecule has 0 aliphatic heterocycles. The molecule has 0 spiro atoms. The van der Waals surface area contributed by atoms with E-state index >= 15 is 0 Å². The molecule has 1 aliphatic rings. The van der Waals surface area contributed by atoms with Crippen LogP contribution >= 0.6 is 11.3 Å². The van der Waals surface area contributed by atoms with Gasteiger partial charge in [-0.25, -0.2) is 4.98 Å². The number of carbonyl (C=O) groups is 1. The fraction of sp³-hybridized carbons (Fsp3) is 0.733. The van der Waals surface area contributed by atoms with Crippen LogP contribution in [0, 0.1) is 5.41 Å². The van der Waals surface area contributed by atoms with Gasteiger partial charge in [-0.15, -0.1) is 0 Å². The van der Waals surface area contributed by atoms with Gasteiger partial charge in [-0.1, -0.05) is 37.5 Å². The summed E-state index contributed by atoms with van der Waals surface area (Å²) in [6.45, 7) is 7.03. The molecule has 0 atom stereocenters. The molecule has 0 unspecified atom stereocenters. The van der Waals surface area contributed by atoms with E-state index in [1.807, 2.05) is 13.8 Å². The van der Waals surface area contributed by atoms with Gasteiger partial charge in [0.15, 0.2) is 5.13 Å². The van der Waals surface area contributed by atoms with Gasteiger partial charge in [-0.3, -0.25) is 4.79 Å². The number of amides is 1. The zero-order valence-corrected chi connectivity index (χ0v) is 14.0. The third kappa shape index (κ3) is 4.33. The van der Waals surface area contributed by atoms with E-state index in [9.17, 15) is 4.79 Å². The van der Waals surface area contributed by atoms with Crippen molar-refractivity contribution in [2.45, 2.75) is 58.9 Å². The molecule has 0 bridgehead atoms. The van der Waals surface area contributed by atoms with Crippen molar-refractivity contribution in [3.63, 3.8) is 0 Å². The first-order valence-corrected chi connectivity index (χ1v) is 8.52. The van der Waals surface area contributed by atoms with Crippen molar-refractivity contribution in [2.75, 3.05) is 17.6 Å². The van der Waals surface area contributed by atoms with Crippen LogP contribution in [0.3, 0.4) is 0 Å². The van der Waals surface area contributed by atoms with Crippen LogP contribution in [0.1, 0.15) is 62.5 Å². The Balaban J connectivity index is 1.95. The van der Waals surface area contributed by atoms with Crippen molar-refractivity contribution in [3.8, 4) is 0 Å². The number of anilines is 2. The Morgan fingerprint density at radius 3 is 2.67 bits per heavy atom. The van der Waals surface area contributed by atoms with Gasteiger partial charge in [0.1, 0.15) is 10.7 Å². The monoisotopic (exact) mass is 310 g/mol. The van der Waals surface area contributed by atoms with Gasteiger partial charge in [0.25, 0.3) is 5.91 Å². The third-order valence-electron chi connectivity index (χ3n) is 4.01. The van der Waals surface area contributed by atoms with Gasteiger partial charge in [-0.2, -0.15) is 0 Å². The lowest BCUT2D eigenvalue weighted by atomic mass is 9.76. The maximum atomic E-state index is 12.3. The van der Waals surface area contributed by atoms with Crippen LogP contribution in [0.15, 0.2) is 0 Å². The lowest BCUT2D eigenvalue weighted by Gasteiger charge is -2.33. The Kier molecular flexibility index (Phi) is 5.08. The lowest BCUT2D eigenvalue weighted by molar-refractivity contribution is 0.0924. The first kappa shape index (κ1) is 16.1. The molecule has 1 aromatic rings. The highest BCUT2D eigenvalue weighted by Crippen LogP contribution is 2.35. The van der Waals surface area contributed by atoms with E-state index in [2.05, 4.69) is 22.5 Å². The molecule has 5 nitrogen and oxygen atoms in total. The molecule has 1 aliphatic carbocycles. The molecule has 1 saturated carbocycles. The summed E-state index contributed by atoms with van der Waals surface area (Å²) in [7, 11) is 0. The maximum Gasteiger partial charge on any atom is 0.265 e. The van der Waals surface area contributed by atoms with Crippen LogP contribution < -0.4 is 16.4 Å². The van der Waals surface area contributed by atoms with Gasteiger partial charge in [-0.05, 0) is 32.1 Å². The van der Waals surface area contributed by atoms with Crippen molar-refractivity contribution in [1.29, 1.82) is 0 Å². The second-order valence-corrected chi connectivity index (χ2v) is 7.59. The van der Waals surface area contributed by atoms with Crippen molar-refractivity contribution in [1.82, 2.24) is 10.3 Å². The van der Waals surface area contributed by atoms with Crippen molar-refractivity contribution in [3.05, 3.63) is 4.88 Å². The number of thiazole rings is 1. The molecule has 0 radical (unpaired) electrons. The molecule has 6 heteroatoms. The zero-order chi connectivity index (χ0) is 15.5. The predicted octanol–water partition coefficient (Wildman–Crippen LogP) is 3.25. The average molecular weight is 310 g/mol. The molecule has 1 aromatic heterocycles. The minimum absolute atomic E-state index is 0.103. The number of rotatable bonds is 5. The first-order chi connectivity index (χ1) is 9.89. The highest BCUT2D eigenvalue weighted by Gasteiger charge is 2.28. The van der Waals surface area contributed by atoms with E-state index in [0.717, 1.165) is 6.54 Å². The average Bonchev–Trinajstić information content (AvgIpc) is 2.77. The van der Waals surface area contributed by atoms with Crippen LogP contribution in [-0.4, -0.2) is 23.5 Å². The number of nitrogens with zero attached hydrogens (tertiary/aromatic N) is 1.